The molecule has 6 heteroatoms. The Labute approximate surface area is 213 Å². The summed E-state index contributed by atoms with van der Waals surface area (Å²) in [5.74, 6) is 0.877. The number of likely N-dealkylation sites (tertiary alicyclic amines) is 1. The molecule has 5 rings (SSSR count). The highest BCUT2D eigenvalue weighted by atomic mass is 79.9. The summed E-state index contributed by atoms with van der Waals surface area (Å²) in [6.07, 6.45) is 3.10. The van der Waals surface area contributed by atoms with E-state index in [1.807, 2.05) is 61.5 Å². The van der Waals surface area contributed by atoms with E-state index in [1.165, 1.54) is 32.0 Å². The van der Waals surface area contributed by atoms with Crippen LogP contribution in [0.4, 0.5) is 0 Å². The van der Waals surface area contributed by atoms with Gasteiger partial charge in [0, 0.05) is 18.0 Å². The van der Waals surface area contributed by atoms with E-state index in [0.717, 1.165) is 39.9 Å². The summed E-state index contributed by atoms with van der Waals surface area (Å²) in [4.78, 5) is 15.6. The Morgan fingerprint density at radius 3 is 2.46 bits per heavy atom. The highest BCUT2D eigenvalue weighted by Crippen LogP contribution is 2.35. The molecule has 1 fully saturated rings. The van der Waals surface area contributed by atoms with E-state index in [2.05, 4.69) is 20.8 Å². The van der Waals surface area contributed by atoms with Crippen LogP contribution < -0.4 is 10.4 Å². The van der Waals surface area contributed by atoms with Gasteiger partial charge in [-0.1, -0.05) is 42.0 Å². The van der Waals surface area contributed by atoms with E-state index in [0.29, 0.717) is 28.6 Å². The molecule has 0 spiro atoms. The van der Waals surface area contributed by atoms with Crippen molar-refractivity contribution in [3.63, 3.8) is 0 Å². The van der Waals surface area contributed by atoms with Crippen molar-refractivity contribution >= 4 is 26.9 Å². The topological polar surface area (TPSA) is 62.9 Å². The summed E-state index contributed by atoms with van der Waals surface area (Å²) in [5, 5.41) is 10.9. The van der Waals surface area contributed by atoms with Crippen LogP contribution in [-0.2, 0) is 6.42 Å². The number of hydrogen-bond donors (Lipinski definition) is 1. The van der Waals surface area contributed by atoms with Crippen molar-refractivity contribution in [3.8, 4) is 22.6 Å². The van der Waals surface area contributed by atoms with Crippen LogP contribution in [0.5, 0.6) is 11.5 Å². The van der Waals surface area contributed by atoms with Crippen LogP contribution in [0.15, 0.2) is 74.3 Å². The lowest BCUT2D eigenvalue weighted by atomic mass is 9.93. The molecule has 1 aliphatic rings. The Morgan fingerprint density at radius 1 is 1.03 bits per heavy atom. The molecule has 5 nitrogen and oxygen atoms in total. The first-order valence-corrected chi connectivity index (χ1v) is 12.8. The molecule has 0 atom stereocenters. The second kappa shape index (κ2) is 10.3. The van der Waals surface area contributed by atoms with Crippen molar-refractivity contribution in [2.45, 2.75) is 26.2 Å². The number of halogens is 1. The zero-order valence-corrected chi connectivity index (χ0v) is 21.3. The summed E-state index contributed by atoms with van der Waals surface area (Å²) in [6, 6.07) is 19.2. The van der Waals surface area contributed by atoms with Crippen molar-refractivity contribution in [1.82, 2.24) is 4.90 Å². The van der Waals surface area contributed by atoms with E-state index >= 15 is 0 Å². The van der Waals surface area contributed by atoms with E-state index in [1.54, 1.807) is 0 Å². The molecule has 1 aliphatic heterocycles. The molecule has 0 amide bonds. The predicted molar refractivity (Wildman–Crippen MR) is 142 cm³/mol. The quantitative estimate of drug-likeness (QED) is 0.282. The number of nitrogens with zero attached hydrogens (tertiary/aromatic N) is 1. The zero-order chi connectivity index (χ0) is 24.4. The Hall–Kier alpha value is -3.09. The zero-order valence-electron chi connectivity index (χ0n) is 19.7. The Bertz CT molecular complexity index is 1390. The maximum atomic E-state index is 13.1. The first-order valence-electron chi connectivity index (χ1n) is 12.0. The molecular formula is C29H28BrNO4. The van der Waals surface area contributed by atoms with Crippen molar-refractivity contribution in [1.29, 1.82) is 0 Å². The van der Waals surface area contributed by atoms with Crippen molar-refractivity contribution in [3.05, 3.63) is 92.2 Å². The molecule has 0 radical (unpaired) electrons. The maximum absolute atomic E-state index is 13.1. The number of aromatic hydroxyl groups is 1. The minimum absolute atomic E-state index is 0.0325. The molecule has 1 aromatic heterocycles. The van der Waals surface area contributed by atoms with Gasteiger partial charge in [0.15, 0.2) is 0 Å². The van der Waals surface area contributed by atoms with Crippen molar-refractivity contribution in [2.75, 3.05) is 26.2 Å². The first-order chi connectivity index (χ1) is 17.0. The van der Waals surface area contributed by atoms with Gasteiger partial charge in [-0.05, 0) is 90.1 Å². The minimum atomic E-state index is -0.417. The minimum Gasteiger partial charge on any atom is -0.507 e. The standard InChI is InChI=1S/C29H28BrNO4/c1-19-4-8-21(9-5-19)28-24(23-17-25(30)26(32)18-27(23)35-29(28)33)16-20-6-10-22(11-7-20)34-15-14-31-12-2-3-13-31/h4-11,17-18,32H,2-3,12-16H2,1H3. The highest BCUT2D eigenvalue weighted by molar-refractivity contribution is 9.10. The summed E-state index contributed by atoms with van der Waals surface area (Å²) >= 11 is 3.41. The van der Waals surface area contributed by atoms with Gasteiger partial charge in [-0.2, -0.15) is 0 Å². The second-order valence-corrected chi connectivity index (χ2v) is 9.98. The number of rotatable bonds is 7. The van der Waals surface area contributed by atoms with Crippen LogP contribution in [-0.4, -0.2) is 36.2 Å². The van der Waals surface area contributed by atoms with Gasteiger partial charge < -0.3 is 14.3 Å². The number of phenolic OH excluding ortho intramolecular Hbond substituents is 1. The van der Waals surface area contributed by atoms with Crippen LogP contribution >= 0.6 is 15.9 Å². The Balaban J connectivity index is 1.47. The van der Waals surface area contributed by atoms with Gasteiger partial charge in [-0.25, -0.2) is 4.79 Å². The number of ether oxygens (including phenoxy) is 1. The lowest BCUT2D eigenvalue weighted by Crippen LogP contribution is -2.25. The molecule has 4 aromatic rings. The average Bonchev–Trinajstić information content (AvgIpc) is 3.36. The van der Waals surface area contributed by atoms with E-state index in [4.69, 9.17) is 9.15 Å². The van der Waals surface area contributed by atoms with E-state index in [9.17, 15) is 9.90 Å². The fraction of sp³-hybridized carbons (Fsp3) is 0.276. The van der Waals surface area contributed by atoms with Crippen molar-refractivity contribution in [2.24, 2.45) is 0 Å². The Kier molecular flexibility index (Phi) is 6.93. The molecule has 0 unspecified atom stereocenters. The molecule has 0 saturated carbocycles. The van der Waals surface area contributed by atoms with Crippen LogP contribution in [0, 0.1) is 6.92 Å². The second-order valence-electron chi connectivity index (χ2n) is 9.13. The third-order valence-corrected chi connectivity index (χ3v) is 7.24. The van der Waals surface area contributed by atoms with E-state index < -0.39 is 5.63 Å². The van der Waals surface area contributed by atoms with Gasteiger partial charge in [0.05, 0.1) is 10.0 Å². The number of hydrogen-bond acceptors (Lipinski definition) is 5. The highest BCUT2D eigenvalue weighted by Gasteiger charge is 2.19. The largest absolute Gasteiger partial charge is 0.507 e. The van der Waals surface area contributed by atoms with Gasteiger partial charge in [0.1, 0.15) is 23.7 Å². The van der Waals surface area contributed by atoms with Gasteiger partial charge >= 0.3 is 5.63 Å². The normalized spacial score (nSPS) is 14.0. The molecule has 35 heavy (non-hydrogen) atoms. The molecule has 1 N–H and O–H groups in total. The molecule has 2 heterocycles. The van der Waals surface area contributed by atoms with Gasteiger partial charge in [-0.15, -0.1) is 0 Å². The maximum Gasteiger partial charge on any atom is 0.344 e. The van der Waals surface area contributed by atoms with Crippen LogP contribution in [0.3, 0.4) is 0 Å². The fourth-order valence-electron chi connectivity index (χ4n) is 4.67. The lowest BCUT2D eigenvalue weighted by molar-refractivity contribution is 0.238. The molecule has 180 valence electrons. The Morgan fingerprint density at radius 2 is 1.74 bits per heavy atom. The van der Waals surface area contributed by atoms with Crippen LogP contribution in [0.1, 0.15) is 29.5 Å². The number of phenols is 1. The molecule has 1 saturated heterocycles. The summed E-state index contributed by atoms with van der Waals surface area (Å²) in [5.41, 5.74) is 4.34. The smallest absolute Gasteiger partial charge is 0.344 e. The third kappa shape index (κ3) is 5.29. The third-order valence-electron chi connectivity index (χ3n) is 6.60. The fourth-order valence-corrected chi connectivity index (χ4v) is 5.02. The van der Waals surface area contributed by atoms with Crippen LogP contribution in [0.2, 0.25) is 0 Å². The first kappa shape index (κ1) is 23.6. The SMILES string of the molecule is Cc1ccc(-c2c(Cc3ccc(OCCN4CCCC4)cc3)c3cc(Br)c(O)cc3oc2=O)cc1. The number of fused-ring (bicyclic) bond motifs is 1. The molecule has 0 bridgehead atoms. The summed E-state index contributed by atoms with van der Waals surface area (Å²) < 4.78 is 12.1. The van der Waals surface area contributed by atoms with E-state index in [-0.39, 0.29) is 5.75 Å². The lowest BCUT2D eigenvalue weighted by Gasteiger charge is -2.15. The van der Waals surface area contributed by atoms with Gasteiger partial charge in [-0.3, -0.25) is 4.90 Å². The molecule has 3 aromatic carbocycles. The van der Waals surface area contributed by atoms with Gasteiger partial charge in [0.25, 0.3) is 0 Å². The molecular weight excluding hydrogens is 506 g/mol. The average molecular weight is 534 g/mol. The number of benzene rings is 3. The predicted octanol–water partition coefficient (Wildman–Crippen LogP) is 6.30. The van der Waals surface area contributed by atoms with Gasteiger partial charge in [0.2, 0.25) is 0 Å². The summed E-state index contributed by atoms with van der Waals surface area (Å²) in [7, 11) is 0. The summed E-state index contributed by atoms with van der Waals surface area (Å²) in [6.45, 7) is 5.98. The molecule has 0 aliphatic carbocycles. The van der Waals surface area contributed by atoms with Crippen LogP contribution in [0.25, 0.3) is 22.1 Å². The van der Waals surface area contributed by atoms with Crippen molar-refractivity contribution < 1.29 is 14.3 Å². The monoisotopic (exact) mass is 533 g/mol. The number of aryl methyl sites for hydroxylation is 1.